The number of nitrogens with zero attached hydrogens (tertiary/aromatic N) is 2. The maximum Gasteiger partial charge on any atom is 0.329 e. The van der Waals surface area contributed by atoms with Crippen molar-refractivity contribution in [1.82, 2.24) is 14.5 Å². The maximum atomic E-state index is 12.1. The van der Waals surface area contributed by atoms with E-state index in [2.05, 4.69) is 5.32 Å². The summed E-state index contributed by atoms with van der Waals surface area (Å²) in [6.07, 6.45) is 0.740. The third-order valence-corrected chi connectivity index (χ3v) is 3.77. The van der Waals surface area contributed by atoms with E-state index in [9.17, 15) is 14.7 Å². The van der Waals surface area contributed by atoms with Crippen LogP contribution >= 0.6 is 0 Å². The topological polar surface area (TPSA) is 79.1 Å². The number of rotatable bonds is 1. The van der Waals surface area contributed by atoms with Crippen LogP contribution < -0.4 is 21.7 Å². The van der Waals surface area contributed by atoms with E-state index >= 15 is 0 Å². The molecule has 0 bridgehead atoms. The lowest BCUT2D eigenvalue weighted by molar-refractivity contribution is -0.281. The van der Waals surface area contributed by atoms with Gasteiger partial charge in [-0.3, -0.25) is 9.36 Å². The van der Waals surface area contributed by atoms with E-state index < -0.39 is 17.1 Å². The summed E-state index contributed by atoms with van der Waals surface area (Å²) in [6.45, 7) is 3.98. The summed E-state index contributed by atoms with van der Waals surface area (Å²) in [7, 11) is 2.81. The Balaban J connectivity index is 2.66. The zero-order valence-corrected chi connectivity index (χ0v) is 11.1. The Bertz CT molecular complexity index is 587. The van der Waals surface area contributed by atoms with E-state index in [-0.39, 0.29) is 23.6 Å². The molecule has 3 atom stereocenters. The molecule has 0 aromatic carbocycles. The molecule has 6 nitrogen and oxygen atoms in total. The molecule has 2 heterocycles. The van der Waals surface area contributed by atoms with Crippen molar-refractivity contribution >= 4 is 0 Å². The first kappa shape index (κ1) is 12.9. The maximum absolute atomic E-state index is 12.1. The minimum absolute atomic E-state index is 0.0675. The molecule has 1 aromatic rings. The predicted octanol–water partition coefficient (Wildman–Crippen LogP) is -0.988. The van der Waals surface area contributed by atoms with Gasteiger partial charge >= 0.3 is 5.69 Å². The highest BCUT2D eigenvalue weighted by Crippen LogP contribution is 2.31. The molecule has 0 saturated carbocycles. The van der Waals surface area contributed by atoms with Crippen molar-refractivity contribution in [3.05, 3.63) is 26.4 Å². The van der Waals surface area contributed by atoms with Gasteiger partial charge in [0.15, 0.2) is 0 Å². The van der Waals surface area contributed by atoms with Gasteiger partial charge in [0.25, 0.3) is 5.56 Å². The lowest BCUT2D eigenvalue weighted by atomic mass is 9.93. The van der Waals surface area contributed by atoms with Crippen LogP contribution in [0.2, 0.25) is 0 Å². The number of hydrogen-bond donors (Lipinski definition) is 1. The summed E-state index contributed by atoms with van der Waals surface area (Å²) >= 11 is 0. The fourth-order valence-corrected chi connectivity index (χ4v) is 2.75. The number of nitrogens with one attached hydrogen (secondary N) is 1. The highest BCUT2D eigenvalue weighted by molar-refractivity contribution is 5.29. The first-order valence-corrected chi connectivity index (χ1v) is 6.07. The van der Waals surface area contributed by atoms with Crippen molar-refractivity contribution in [2.75, 3.05) is 0 Å². The second-order valence-electron chi connectivity index (χ2n) is 5.12. The molecule has 100 valence electrons. The van der Waals surface area contributed by atoms with Gasteiger partial charge in [-0.1, -0.05) is 0 Å². The zero-order chi connectivity index (χ0) is 13.6. The smallest absolute Gasteiger partial charge is 0.329 e. The summed E-state index contributed by atoms with van der Waals surface area (Å²) in [4.78, 5) is 23.8. The van der Waals surface area contributed by atoms with Gasteiger partial charge in [0.1, 0.15) is 0 Å². The van der Waals surface area contributed by atoms with Crippen molar-refractivity contribution in [2.24, 2.45) is 14.1 Å². The molecule has 18 heavy (non-hydrogen) atoms. The van der Waals surface area contributed by atoms with Gasteiger partial charge in [-0.25, -0.2) is 4.79 Å². The monoisotopic (exact) mass is 252 g/mol. The zero-order valence-electron chi connectivity index (χ0n) is 11.1. The summed E-state index contributed by atoms with van der Waals surface area (Å²) in [6, 6.07) is 0.337. The molecule has 0 amide bonds. The fraction of sp³-hybridized carbons (Fsp3) is 0.667. The van der Waals surface area contributed by atoms with Gasteiger partial charge in [-0.05, 0) is 26.1 Å². The molecule has 1 aliphatic rings. The molecule has 1 aromatic heterocycles. The normalized spacial score (nSPS) is 27.7. The van der Waals surface area contributed by atoms with Crippen molar-refractivity contribution in [1.29, 1.82) is 0 Å². The Morgan fingerprint density at radius 3 is 2.33 bits per heavy atom. The van der Waals surface area contributed by atoms with E-state index in [1.54, 1.807) is 0 Å². The van der Waals surface area contributed by atoms with E-state index in [4.69, 9.17) is 0 Å². The Morgan fingerprint density at radius 1 is 1.22 bits per heavy atom. The molecule has 6 heteroatoms. The van der Waals surface area contributed by atoms with Gasteiger partial charge in [-0.2, -0.15) is 0 Å². The molecule has 1 N–H and O–H groups in total. The van der Waals surface area contributed by atoms with Crippen LogP contribution in [-0.4, -0.2) is 21.2 Å². The van der Waals surface area contributed by atoms with Crippen molar-refractivity contribution in [3.8, 4) is 5.88 Å². The molecule has 2 rings (SSSR count). The summed E-state index contributed by atoms with van der Waals surface area (Å²) in [5.41, 5.74) is -0.805. The second-order valence-corrected chi connectivity index (χ2v) is 5.12. The molecule has 1 saturated heterocycles. The highest BCUT2D eigenvalue weighted by atomic mass is 16.3. The first-order valence-electron chi connectivity index (χ1n) is 6.07. The molecule has 0 spiro atoms. The SMILES string of the molecule is CC1CC(c2c([O-])n(C)c(=O)n(C)c2=O)C(C)N1. The largest absolute Gasteiger partial charge is 0.860 e. The molecule has 1 aliphatic heterocycles. The Hall–Kier alpha value is -1.56. The molecule has 3 unspecified atom stereocenters. The van der Waals surface area contributed by atoms with Gasteiger partial charge in [0.05, 0.1) is 0 Å². The first-order chi connectivity index (χ1) is 8.34. The molecule has 0 radical (unpaired) electrons. The van der Waals surface area contributed by atoms with Crippen LogP contribution in [-0.2, 0) is 14.1 Å². The van der Waals surface area contributed by atoms with E-state index in [1.807, 2.05) is 13.8 Å². The molecule has 1 fully saturated rings. The summed E-state index contributed by atoms with van der Waals surface area (Å²) in [5, 5.41) is 15.4. The predicted molar refractivity (Wildman–Crippen MR) is 65.8 cm³/mol. The van der Waals surface area contributed by atoms with Crippen LogP contribution in [0, 0.1) is 0 Å². The van der Waals surface area contributed by atoms with E-state index in [0.29, 0.717) is 0 Å². The lowest BCUT2D eigenvalue weighted by Gasteiger charge is -2.24. The third kappa shape index (κ3) is 1.77. The van der Waals surface area contributed by atoms with Crippen molar-refractivity contribution in [2.45, 2.75) is 38.3 Å². The van der Waals surface area contributed by atoms with Crippen molar-refractivity contribution in [3.63, 3.8) is 0 Å². The van der Waals surface area contributed by atoms with E-state index in [1.165, 1.54) is 14.1 Å². The minimum Gasteiger partial charge on any atom is -0.860 e. The average Bonchev–Trinajstić information content (AvgIpc) is 2.64. The average molecular weight is 252 g/mol. The van der Waals surface area contributed by atoms with Crippen LogP contribution in [0.15, 0.2) is 9.59 Å². The van der Waals surface area contributed by atoms with Crippen LogP contribution in [0.3, 0.4) is 0 Å². The third-order valence-electron chi connectivity index (χ3n) is 3.77. The van der Waals surface area contributed by atoms with Gasteiger partial charge in [0, 0.05) is 37.7 Å². The molecule has 0 aliphatic carbocycles. The summed E-state index contributed by atoms with van der Waals surface area (Å²) < 4.78 is 2.01. The number of hydrogen-bond acceptors (Lipinski definition) is 4. The minimum atomic E-state index is -0.569. The van der Waals surface area contributed by atoms with Crippen LogP contribution in [0.1, 0.15) is 31.7 Å². The highest BCUT2D eigenvalue weighted by Gasteiger charge is 2.32. The van der Waals surface area contributed by atoms with Crippen LogP contribution in [0.4, 0.5) is 0 Å². The standard InChI is InChI=1S/C12H19N3O3/c1-6-5-8(7(2)13-6)9-10(16)14(3)12(18)15(4)11(9)17/h6-8,13,16H,5H2,1-4H3/p-1. The number of aromatic nitrogens is 2. The van der Waals surface area contributed by atoms with Gasteiger partial charge < -0.3 is 15.0 Å². The molecular formula is C12H18N3O3-. The Morgan fingerprint density at radius 2 is 1.83 bits per heavy atom. The summed E-state index contributed by atoms with van der Waals surface area (Å²) in [5.74, 6) is -0.589. The second kappa shape index (κ2) is 4.28. The quantitative estimate of drug-likeness (QED) is 0.696. The van der Waals surface area contributed by atoms with E-state index in [0.717, 1.165) is 15.6 Å². The lowest BCUT2D eigenvalue weighted by Crippen LogP contribution is -2.42. The fourth-order valence-electron chi connectivity index (χ4n) is 2.75. The van der Waals surface area contributed by atoms with Gasteiger partial charge in [0.2, 0.25) is 0 Å². The Labute approximate surface area is 105 Å². The van der Waals surface area contributed by atoms with Crippen LogP contribution in [0.5, 0.6) is 5.88 Å². The van der Waals surface area contributed by atoms with Crippen LogP contribution in [0.25, 0.3) is 0 Å². The molecular weight excluding hydrogens is 234 g/mol. The van der Waals surface area contributed by atoms with Crippen molar-refractivity contribution < 1.29 is 5.11 Å². The Kier molecular flexibility index (Phi) is 3.06. The van der Waals surface area contributed by atoms with Gasteiger partial charge in [-0.15, -0.1) is 0 Å².